The van der Waals surface area contributed by atoms with Gasteiger partial charge in [0.1, 0.15) is 11.6 Å². The summed E-state index contributed by atoms with van der Waals surface area (Å²) in [5.41, 5.74) is 1.76. The number of ether oxygens (including phenoxy) is 1. The van der Waals surface area contributed by atoms with Gasteiger partial charge in [-0.25, -0.2) is 4.39 Å². The molecule has 4 rings (SSSR count). The zero-order chi connectivity index (χ0) is 22.3. The SMILES string of the molecule is COc1ccc2cccc(N3CCN(CCCCNC(=O)c4ccc(F)cc4)CC3)c2c1. The molecule has 1 N–H and O–H groups in total. The van der Waals surface area contributed by atoms with Crippen LogP contribution in [-0.4, -0.2) is 57.2 Å². The monoisotopic (exact) mass is 435 g/mol. The van der Waals surface area contributed by atoms with Gasteiger partial charge >= 0.3 is 0 Å². The smallest absolute Gasteiger partial charge is 0.251 e. The number of nitrogens with one attached hydrogen (secondary N) is 1. The molecule has 3 aromatic carbocycles. The molecule has 32 heavy (non-hydrogen) atoms. The second-order valence-electron chi connectivity index (χ2n) is 8.16. The normalized spacial score (nSPS) is 14.5. The Labute approximate surface area is 188 Å². The summed E-state index contributed by atoms with van der Waals surface area (Å²) < 4.78 is 18.4. The Morgan fingerprint density at radius 3 is 2.53 bits per heavy atom. The molecule has 5 nitrogen and oxygen atoms in total. The zero-order valence-corrected chi connectivity index (χ0v) is 18.5. The van der Waals surface area contributed by atoms with Crippen molar-refractivity contribution >= 4 is 22.4 Å². The molecule has 1 heterocycles. The predicted molar refractivity (Wildman–Crippen MR) is 127 cm³/mol. The first kappa shape index (κ1) is 22.1. The number of halogens is 1. The van der Waals surface area contributed by atoms with E-state index in [4.69, 9.17) is 4.74 Å². The summed E-state index contributed by atoms with van der Waals surface area (Å²) in [5.74, 6) is 0.405. The summed E-state index contributed by atoms with van der Waals surface area (Å²) in [6.07, 6.45) is 1.96. The third-order valence-corrected chi connectivity index (χ3v) is 6.07. The molecule has 1 fully saturated rings. The minimum Gasteiger partial charge on any atom is -0.497 e. The highest BCUT2D eigenvalue weighted by Gasteiger charge is 2.18. The molecule has 0 bridgehead atoms. The van der Waals surface area contributed by atoms with Crippen molar-refractivity contribution in [3.63, 3.8) is 0 Å². The third kappa shape index (κ3) is 5.37. The number of rotatable bonds is 8. The molecule has 6 heteroatoms. The maximum atomic E-state index is 13.0. The number of unbranched alkanes of at least 4 members (excludes halogenated alkanes) is 1. The molecular formula is C26H30FN3O2. The lowest BCUT2D eigenvalue weighted by molar-refractivity contribution is 0.0952. The van der Waals surface area contributed by atoms with Gasteiger partial charge in [-0.05, 0) is 67.2 Å². The predicted octanol–water partition coefficient (Wildman–Crippen LogP) is 4.32. The summed E-state index contributed by atoms with van der Waals surface area (Å²) >= 11 is 0. The van der Waals surface area contributed by atoms with Crippen molar-refractivity contribution in [1.82, 2.24) is 10.2 Å². The molecule has 168 valence electrons. The molecule has 3 aromatic rings. The van der Waals surface area contributed by atoms with E-state index >= 15 is 0 Å². The number of hydrogen-bond acceptors (Lipinski definition) is 4. The van der Waals surface area contributed by atoms with Crippen molar-refractivity contribution in [2.75, 3.05) is 51.3 Å². The number of benzene rings is 3. The second kappa shape index (κ2) is 10.5. The summed E-state index contributed by atoms with van der Waals surface area (Å²) in [6.45, 7) is 5.72. The molecular weight excluding hydrogens is 405 g/mol. The van der Waals surface area contributed by atoms with Gasteiger partial charge in [0.2, 0.25) is 0 Å². The maximum Gasteiger partial charge on any atom is 0.251 e. The van der Waals surface area contributed by atoms with E-state index in [2.05, 4.69) is 45.4 Å². The lowest BCUT2D eigenvalue weighted by atomic mass is 10.1. The van der Waals surface area contributed by atoms with Gasteiger partial charge in [0.25, 0.3) is 5.91 Å². The molecule has 1 saturated heterocycles. The lowest BCUT2D eigenvalue weighted by Crippen LogP contribution is -2.46. The van der Waals surface area contributed by atoms with Crippen LogP contribution in [0.15, 0.2) is 60.7 Å². The molecule has 0 atom stereocenters. The molecule has 0 saturated carbocycles. The molecule has 1 amide bonds. The minimum atomic E-state index is -0.332. The number of anilines is 1. The topological polar surface area (TPSA) is 44.8 Å². The average Bonchev–Trinajstić information content (AvgIpc) is 2.84. The molecule has 0 aliphatic carbocycles. The fourth-order valence-electron chi connectivity index (χ4n) is 4.22. The Hall–Kier alpha value is -3.12. The van der Waals surface area contributed by atoms with Crippen LogP contribution in [0.3, 0.4) is 0 Å². The van der Waals surface area contributed by atoms with E-state index in [0.29, 0.717) is 12.1 Å². The van der Waals surface area contributed by atoms with E-state index in [9.17, 15) is 9.18 Å². The van der Waals surface area contributed by atoms with E-state index in [0.717, 1.165) is 51.3 Å². The van der Waals surface area contributed by atoms with Crippen LogP contribution in [0.4, 0.5) is 10.1 Å². The Morgan fingerprint density at radius 2 is 1.78 bits per heavy atom. The van der Waals surface area contributed by atoms with Crippen LogP contribution in [0.1, 0.15) is 23.2 Å². The van der Waals surface area contributed by atoms with Crippen LogP contribution in [0, 0.1) is 5.82 Å². The maximum absolute atomic E-state index is 13.0. The van der Waals surface area contributed by atoms with Crippen molar-refractivity contribution in [3.05, 3.63) is 72.0 Å². The van der Waals surface area contributed by atoms with Crippen LogP contribution in [0.2, 0.25) is 0 Å². The number of piperazine rings is 1. The minimum absolute atomic E-state index is 0.148. The van der Waals surface area contributed by atoms with Gasteiger partial charge in [0, 0.05) is 49.4 Å². The second-order valence-corrected chi connectivity index (χ2v) is 8.16. The molecule has 0 unspecified atom stereocenters. The van der Waals surface area contributed by atoms with Gasteiger partial charge in [0.05, 0.1) is 7.11 Å². The van der Waals surface area contributed by atoms with E-state index in [1.807, 2.05) is 6.07 Å². The van der Waals surface area contributed by atoms with Crippen molar-refractivity contribution < 1.29 is 13.9 Å². The molecule has 0 spiro atoms. The summed E-state index contributed by atoms with van der Waals surface area (Å²) in [7, 11) is 1.71. The Kier molecular flexibility index (Phi) is 7.22. The number of carbonyl (C=O) groups is 1. The first-order valence-corrected chi connectivity index (χ1v) is 11.2. The first-order valence-electron chi connectivity index (χ1n) is 11.2. The highest BCUT2D eigenvalue weighted by Crippen LogP contribution is 2.30. The number of hydrogen-bond donors (Lipinski definition) is 1. The quantitative estimate of drug-likeness (QED) is 0.536. The molecule has 0 radical (unpaired) electrons. The number of fused-ring (bicyclic) bond motifs is 1. The van der Waals surface area contributed by atoms with Gasteiger partial charge < -0.3 is 15.0 Å². The van der Waals surface area contributed by atoms with Crippen molar-refractivity contribution in [2.45, 2.75) is 12.8 Å². The first-order chi connectivity index (χ1) is 15.6. The largest absolute Gasteiger partial charge is 0.497 e. The standard InChI is InChI=1S/C26H30FN3O2/c1-32-23-12-9-20-5-4-6-25(24(20)19-23)30-17-15-29(16-18-30)14-3-2-13-28-26(31)21-7-10-22(27)11-8-21/h4-12,19H,2-3,13-18H2,1H3,(H,28,31). The molecule has 0 aromatic heterocycles. The summed E-state index contributed by atoms with van der Waals surface area (Å²) in [6, 6.07) is 18.3. The van der Waals surface area contributed by atoms with Crippen LogP contribution < -0.4 is 15.0 Å². The molecule has 1 aliphatic heterocycles. The fraction of sp³-hybridized carbons (Fsp3) is 0.346. The third-order valence-electron chi connectivity index (χ3n) is 6.07. The highest BCUT2D eigenvalue weighted by atomic mass is 19.1. The van der Waals surface area contributed by atoms with Gasteiger partial charge in [-0.2, -0.15) is 0 Å². The van der Waals surface area contributed by atoms with E-state index < -0.39 is 0 Å². The van der Waals surface area contributed by atoms with Crippen LogP contribution in [-0.2, 0) is 0 Å². The van der Waals surface area contributed by atoms with Crippen LogP contribution in [0.25, 0.3) is 10.8 Å². The van der Waals surface area contributed by atoms with Crippen molar-refractivity contribution in [3.8, 4) is 5.75 Å². The zero-order valence-electron chi connectivity index (χ0n) is 18.5. The van der Waals surface area contributed by atoms with E-state index in [1.165, 1.54) is 40.7 Å². The van der Waals surface area contributed by atoms with Gasteiger partial charge in [0.15, 0.2) is 0 Å². The average molecular weight is 436 g/mol. The van der Waals surface area contributed by atoms with Crippen molar-refractivity contribution in [1.29, 1.82) is 0 Å². The Morgan fingerprint density at radius 1 is 1.00 bits per heavy atom. The van der Waals surface area contributed by atoms with E-state index in [1.54, 1.807) is 7.11 Å². The fourth-order valence-corrected chi connectivity index (χ4v) is 4.22. The summed E-state index contributed by atoms with van der Waals surface area (Å²) in [5, 5.41) is 5.38. The van der Waals surface area contributed by atoms with Gasteiger partial charge in [-0.3, -0.25) is 9.69 Å². The Bertz CT molecular complexity index is 1050. The van der Waals surface area contributed by atoms with Gasteiger partial charge in [-0.15, -0.1) is 0 Å². The summed E-state index contributed by atoms with van der Waals surface area (Å²) in [4.78, 5) is 17.0. The lowest BCUT2D eigenvalue weighted by Gasteiger charge is -2.36. The number of amides is 1. The number of nitrogens with zero attached hydrogens (tertiary/aromatic N) is 2. The number of methoxy groups -OCH3 is 1. The van der Waals surface area contributed by atoms with E-state index in [-0.39, 0.29) is 11.7 Å². The number of carbonyl (C=O) groups excluding carboxylic acids is 1. The van der Waals surface area contributed by atoms with Gasteiger partial charge in [-0.1, -0.05) is 18.2 Å². The highest BCUT2D eigenvalue weighted by molar-refractivity contribution is 5.95. The van der Waals surface area contributed by atoms with Crippen LogP contribution in [0.5, 0.6) is 5.75 Å². The van der Waals surface area contributed by atoms with Crippen LogP contribution >= 0.6 is 0 Å². The Balaban J connectivity index is 1.21. The molecule has 1 aliphatic rings. The van der Waals surface area contributed by atoms with Crippen molar-refractivity contribution in [2.24, 2.45) is 0 Å².